The predicted molar refractivity (Wildman–Crippen MR) is 76.9 cm³/mol. The summed E-state index contributed by atoms with van der Waals surface area (Å²) in [5, 5.41) is 13.4. The molecule has 1 aromatic heterocycles. The fourth-order valence-corrected chi connectivity index (χ4v) is 6.24. The normalized spacial score (nSPS) is 38.1. The summed E-state index contributed by atoms with van der Waals surface area (Å²) in [6, 6.07) is 0. The number of aromatic nitrogens is 3. The topological polar surface area (TPSA) is 90.9 Å². The van der Waals surface area contributed by atoms with Crippen LogP contribution in [0.15, 0.2) is 5.16 Å². The van der Waals surface area contributed by atoms with Crippen molar-refractivity contribution in [2.45, 2.75) is 62.6 Å². The van der Waals surface area contributed by atoms with E-state index in [1.807, 2.05) is 6.92 Å². The predicted octanol–water partition coefficient (Wildman–Crippen LogP) is 1.41. The standard InChI is InChI=1S/C14H22N4O2S/c1-2-18-12(16-17-13(18)21(15,19)20)14-6-9-3-10(7-14)5-11(4-9)8-14/h9-11H,2-8H2,1H3,(H2,15,19,20). The van der Waals surface area contributed by atoms with Crippen molar-refractivity contribution in [3.8, 4) is 0 Å². The summed E-state index contributed by atoms with van der Waals surface area (Å²) in [6.45, 7) is 2.48. The Morgan fingerprint density at radius 3 is 2.10 bits per heavy atom. The molecule has 4 aliphatic carbocycles. The third-order valence-corrected chi connectivity index (χ3v) is 6.61. The average molecular weight is 310 g/mol. The Morgan fingerprint density at radius 1 is 1.14 bits per heavy atom. The molecule has 1 heterocycles. The lowest BCUT2D eigenvalue weighted by Crippen LogP contribution is -2.49. The highest BCUT2D eigenvalue weighted by molar-refractivity contribution is 7.89. The van der Waals surface area contributed by atoms with E-state index in [0.717, 1.165) is 42.8 Å². The van der Waals surface area contributed by atoms with Gasteiger partial charge in [0.05, 0.1) is 0 Å². The van der Waals surface area contributed by atoms with Gasteiger partial charge in [-0.15, -0.1) is 10.2 Å². The summed E-state index contributed by atoms with van der Waals surface area (Å²) >= 11 is 0. The Labute approximate surface area is 125 Å². The lowest BCUT2D eigenvalue weighted by molar-refractivity contribution is -0.0113. The van der Waals surface area contributed by atoms with Gasteiger partial charge in [-0.05, 0) is 63.2 Å². The third kappa shape index (κ3) is 1.97. The van der Waals surface area contributed by atoms with Crippen molar-refractivity contribution >= 4 is 10.0 Å². The van der Waals surface area contributed by atoms with Gasteiger partial charge in [-0.2, -0.15) is 0 Å². The minimum absolute atomic E-state index is 0.0424. The smallest absolute Gasteiger partial charge is 0.273 e. The summed E-state index contributed by atoms with van der Waals surface area (Å²) in [7, 11) is -3.81. The summed E-state index contributed by atoms with van der Waals surface area (Å²) < 4.78 is 25.2. The van der Waals surface area contributed by atoms with Gasteiger partial charge in [-0.25, -0.2) is 13.6 Å². The first-order valence-electron chi connectivity index (χ1n) is 7.88. The molecule has 0 atom stereocenters. The van der Waals surface area contributed by atoms with E-state index in [4.69, 9.17) is 5.14 Å². The molecule has 7 heteroatoms. The second-order valence-corrected chi connectivity index (χ2v) is 8.75. The first-order valence-corrected chi connectivity index (χ1v) is 9.42. The van der Waals surface area contributed by atoms with Crippen LogP contribution in [0.25, 0.3) is 0 Å². The number of hydrogen-bond donors (Lipinski definition) is 1. The molecule has 1 aromatic rings. The Hall–Kier alpha value is -0.950. The molecule has 116 valence electrons. The minimum atomic E-state index is -3.81. The molecular weight excluding hydrogens is 288 g/mol. The summed E-state index contributed by atoms with van der Waals surface area (Å²) in [6.07, 6.45) is 7.47. The van der Waals surface area contributed by atoms with E-state index in [1.54, 1.807) is 4.57 Å². The monoisotopic (exact) mass is 310 g/mol. The maximum atomic E-state index is 11.7. The molecule has 21 heavy (non-hydrogen) atoms. The molecule has 0 spiro atoms. The zero-order chi connectivity index (χ0) is 14.8. The molecule has 4 bridgehead atoms. The minimum Gasteiger partial charge on any atom is -0.301 e. The Balaban J connectivity index is 1.82. The zero-order valence-corrected chi connectivity index (χ0v) is 13.1. The number of primary sulfonamides is 1. The molecule has 0 saturated heterocycles. The third-order valence-electron chi connectivity index (χ3n) is 5.80. The van der Waals surface area contributed by atoms with Gasteiger partial charge in [0.15, 0.2) is 0 Å². The molecule has 0 aromatic carbocycles. The van der Waals surface area contributed by atoms with Crippen LogP contribution in [0.1, 0.15) is 51.3 Å². The van der Waals surface area contributed by atoms with E-state index in [9.17, 15) is 8.42 Å². The van der Waals surface area contributed by atoms with Gasteiger partial charge in [0.25, 0.3) is 15.2 Å². The Morgan fingerprint density at radius 2 is 1.67 bits per heavy atom. The van der Waals surface area contributed by atoms with Gasteiger partial charge in [0.2, 0.25) is 0 Å². The van der Waals surface area contributed by atoms with Crippen molar-refractivity contribution in [3.63, 3.8) is 0 Å². The second kappa shape index (κ2) is 4.29. The molecule has 5 rings (SSSR count). The van der Waals surface area contributed by atoms with Crippen molar-refractivity contribution < 1.29 is 8.42 Å². The highest BCUT2D eigenvalue weighted by Gasteiger charge is 2.54. The van der Waals surface area contributed by atoms with Gasteiger partial charge in [-0.3, -0.25) is 0 Å². The van der Waals surface area contributed by atoms with E-state index < -0.39 is 10.0 Å². The van der Waals surface area contributed by atoms with Gasteiger partial charge in [-0.1, -0.05) is 0 Å². The maximum absolute atomic E-state index is 11.7. The van der Waals surface area contributed by atoms with E-state index in [2.05, 4.69) is 10.2 Å². The second-order valence-electron chi connectivity index (χ2n) is 7.29. The molecule has 4 aliphatic rings. The first kappa shape index (κ1) is 13.7. The van der Waals surface area contributed by atoms with Crippen molar-refractivity contribution in [1.82, 2.24) is 14.8 Å². The molecular formula is C14H22N4O2S. The Kier molecular flexibility index (Phi) is 2.80. The number of hydrogen-bond acceptors (Lipinski definition) is 4. The van der Waals surface area contributed by atoms with Crippen LogP contribution in [-0.2, 0) is 22.0 Å². The zero-order valence-electron chi connectivity index (χ0n) is 12.3. The van der Waals surface area contributed by atoms with E-state index in [-0.39, 0.29) is 10.6 Å². The largest absolute Gasteiger partial charge is 0.301 e. The van der Waals surface area contributed by atoms with Crippen molar-refractivity contribution in [3.05, 3.63) is 5.82 Å². The first-order chi connectivity index (χ1) is 9.91. The van der Waals surface area contributed by atoms with Crippen LogP contribution in [0.3, 0.4) is 0 Å². The molecule has 4 saturated carbocycles. The SMILES string of the molecule is CCn1c(C23CC4CC(CC(C4)C2)C3)nnc1S(N)(=O)=O. The maximum Gasteiger partial charge on any atom is 0.273 e. The number of sulfonamides is 1. The fourth-order valence-electron chi connectivity index (χ4n) is 5.56. The highest BCUT2D eigenvalue weighted by Crippen LogP contribution is 2.60. The molecule has 0 radical (unpaired) electrons. The van der Waals surface area contributed by atoms with Crippen LogP contribution in [0.4, 0.5) is 0 Å². The fraction of sp³-hybridized carbons (Fsp3) is 0.857. The Bertz CT molecular complexity index is 644. The van der Waals surface area contributed by atoms with Crippen LogP contribution in [-0.4, -0.2) is 23.2 Å². The van der Waals surface area contributed by atoms with Gasteiger partial charge >= 0.3 is 0 Å². The van der Waals surface area contributed by atoms with E-state index in [0.29, 0.717) is 6.54 Å². The molecule has 0 amide bonds. The van der Waals surface area contributed by atoms with E-state index in [1.165, 1.54) is 19.3 Å². The van der Waals surface area contributed by atoms with Crippen LogP contribution >= 0.6 is 0 Å². The number of nitrogens with two attached hydrogens (primary N) is 1. The molecule has 2 N–H and O–H groups in total. The molecule has 0 unspecified atom stereocenters. The number of rotatable bonds is 3. The lowest BCUT2D eigenvalue weighted by Gasteiger charge is -2.56. The van der Waals surface area contributed by atoms with Gasteiger partial charge in [0.1, 0.15) is 5.82 Å². The number of nitrogens with zero attached hydrogens (tertiary/aromatic N) is 3. The average Bonchev–Trinajstić information content (AvgIpc) is 2.81. The van der Waals surface area contributed by atoms with Crippen LogP contribution in [0.2, 0.25) is 0 Å². The van der Waals surface area contributed by atoms with Gasteiger partial charge < -0.3 is 4.57 Å². The molecule has 6 nitrogen and oxygen atoms in total. The molecule has 0 aliphatic heterocycles. The van der Waals surface area contributed by atoms with Gasteiger partial charge in [0, 0.05) is 12.0 Å². The highest BCUT2D eigenvalue weighted by atomic mass is 32.2. The summed E-state index contributed by atoms with van der Waals surface area (Å²) in [5.74, 6) is 3.23. The summed E-state index contributed by atoms with van der Waals surface area (Å²) in [5.41, 5.74) is 0.0424. The summed E-state index contributed by atoms with van der Waals surface area (Å²) in [4.78, 5) is 0. The quantitative estimate of drug-likeness (QED) is 0.914. The lowest BCUT2D eigenvalue weighted by atomic mass is 9.49. The molecule has 4 fully saturated rings. The van der Waals surface area contributed by atoms with E-state index >= 15 is 0 Å². The van der Waals surface area contributed by atoms with Crippen LogP contribution in [0.5, 0.6) is 0 Å². The van der Waals surface area contributed by atoms with Crippen molar-refractivity contribution in [1.29, 1.82) is 0 Å². The van der Waals surface area contributed by atoms with Crippen molar-refractivity contribution in [2.24, 2.45) is 22.9 Å². The van der Waals surface area contributed by atoms with Crippen LogP contribution in [0, 0.1) is 17.8 Å². The van der Waals surface area contributed by atoms with Crippen LogP contribution < -0.4 is 5.14 Å². The van der Waals surface area contributed by atoms with Crippen molar-refractivity contribution in [2.75, 3.05) is 0 Å².